The fourth-order valence-corrected chi connectivity index (χ4v) is 6.94. The number of hydrogen-bond donors (Lipinski definition) is 1. The fourth-order valence-electron chi connectivity index (χ4n) is 6.31. The third kappa shape index (κ3) is 2.24. The molecule has 1 aromatic rings. The van der Waals surface area contributed by atoms with Crippen LogP contribution in [-0.2, 0) is 20.5 Å². The highest BCUT2D eigenvalue weighted by Crippen LogP contribution is 2.69. The van der Waals surface area contributed by atoms with Crippen molar-refractivity contribution in [2.75, 3.05) is 14.2 Å². The zero-order valence-electron chi connectivity index (χ0n) is 16.3. The van der Waals surface area contributed by atoms with Gasteiger partial charge < -0.3 is 19.7 Å². The first kappa shape index (κ1) is 19.3. The van der Waals surface area contributed by atoms with E-state index in [0.29, 0.717) is 11.2 Å². The minimum atomic E-state index is -0.512. The van der Waals surface area contributed by atoms with E-state index >= 15 is 0 Å². The summed E-state index contributed by atoms with van der Waals surface area (Å²) >= 11 is 9.31. The van der Waals surface area contributed by atoms with Crippen molar-refractivity contribution < 1.29 is 9.53 Å². The fraction of sp³-hybridized carbons (Fsp3) is 0.619. The predicted molar refractivity (Wildman–Crippen MR) is 114 cm³/mol. The van der Waals surface area contributed by atoms with Crippen LogP contribution < -0.4 is 5.32 Å². The standard InChI is InChI=1S/C21H27BrN2O2S/c1-19(2)15-6-5-13(22)11-16(15)21(17(12-25)24(3)18(27)23-21)20(19)9-7-14(26-4)8-10-20/h5-6,11-12,14,17H,7-10H2,1-4H3,(H,23,27). The molecule has 2 unspecified atom stereocenters. The van der Waals surface area contributed by atoms with Gasteiger partial charge in [0.2, 0.25) is 0 Å². The molecule has 0 radical (unpaired) electrons. The topological polar surface area (TPSA) is 41.6 Å². The van der Waals surface area contributed by atoms with E-state index in [2.05, 4.69) is 53.3 Å². The van der Waals surface area contributed by atoms with Crippen molar-refractivity contribution in [1.29, 1.82) is 0 Å². The van der Waals surface area contributed by atoms with E-state index < -0.39 is 5.54 Å². The number of carbonyl (C=O) groups is 1. The van der Waals surface area contributed by atoms with Crippen LogP contribution in [0.15, 0.2) is 22.7 Å². The number of aldehydes is 1. The number of nitrogens with zero attached hydrogens (tertiary/aromatic N) is 1. The highest BCUT2D eigenvalue weighted by Gasteiger charge is 2.72. The number of ether oxygens (including phenoxy) is 1. The lowest BCUT2D eigenvalue weighted by Crippen LogP contribution is -2.62. The van der Waals surface area contributed by atoms with E-state index in [-0.39, 0.29) is 16.9 Å². The molecule has 1 N–H and O–H groups in total. The Bertz CT molecular complexity index is 803. The van der Waals surface area contributed by atoms with E-state index in [9.17, 15) is 4.79 Å². The van der Waals surface area contributed by atoms with Crippen LogP contribution in [0, 0.1) is 5.41 Å². The summed E-state index contributed by atoms with van der Waals surface area (Å²) in [5, 5.41) is 4.33. The molecule has 146 valence electrons. The largest absolute Gasteiger partial charge is 0.381 e. The number of halogens is 1. The zero-order valence-corrected chi connectivity index (χ0v) is 18.7. The van der Waals surface area contributed by atoms with Crippen molar-refractivity contribution in [3.05, 3.63) is 33.8 Å². The Hall–Kier alpha value is -0.980. The number of nitrogens with one attached hydrogen (secondary N) is 1. The maximum Gasteiger partial charge on any atom is 0.170 e. The van der Waals surface area contributed by atoms with E-state index in [1.807, 2.05) is 11.9 Å². The summed E-state index contributed by atoms with van der Waals surface area (Å²) in [4.78, 5) is 14.3. The number of carbonyl (C=O) groups excluding carboxylic acids is 1. The second kappa shape index (κ2) is 6.26. The molecule has 2 spiro atoms. The second-order valence-electron chi connectivity index (χ2n) is 8.76. The Morgan fingerprint density at radius 2 is 1.96 bits per heavy atom. The number of methoxy groups -OCH3 is 1. The number of benzene rings is 1. The Morgan fingerprint density at radius 1 is 1.30 bits per heavy atom. The van der Waals surface area contributed by atoms with Gasteiger partial charge in [-0.1, -0.05) is 35.8 Å². The SMILES string of the molecule is COC1CCC2(CC1)C(C)(C)c1ccc(Br)cc1C21NC(=S)N(C)C1C=O. The molecular formula is C21H27BrN2O2S. The molecule has 1 aliphatic heterocycles. The lowest BCUT2D eigenvalue weighted by molar-refractivity contribution is -0.117. The Labute approximate surface area is 175 Å². The minimum absolute atomic E-state index is 0.0865. The molecule has 0 bridgehead atoms. The van der Waals surface area contributed by atoms with Gasteiger partial charge in [0.15, 0.2) is 5.11 Å². The number of hydrogen-bond acceptors (Lipinski definition) is 3. The smallest absolute Gasteiger partial charge is 0.170 e. The first-order valence-electron chi connectivity index (χ1n) is 9.59. The maximum absolute atomic E-state index is 12.4. The van der Waals surface area contributed by atoms with Gasteiger partial charge >= 0.3 is 0 Å². The van der Waals surface area contributed by atoms with Crippen molar-refractivity contribution in [3.8, 4) is 0 Å². The molecule has 0 aromatic heterocycles. The van der Waals surface area contributed by atoms with Gasteiger partial charge in [-0.2, -0.15) is 0 Å². The Balaban J connectivity index is 2.00. The molecule has 4 nitrogen and oxygen atoms in total. The predicted octanol–water partition coefficient (Wildman–Crippen LogP) is 3.90. The van der Waals surface area contributed by atoms with Crippen LogP contribution in [0.1, 0.15) is 50.7 Å². The highest BCUT2D eigenvalue weighted by atomic mass is 79.9. The van der Waals surface area contributed by atoms with Crippen LogP contribution in [0.3, 0.4) is 0 Å². The van der Waals surface area contributed by atoms with Gasteiger partial charge in [-0.15, -0.1) is 0 Å². The number of rotatable bonds is 2. The molecular weight excluding hydrogens is 424 g/mol. The van der Waals surface area contributed by atoms with Gasteiger partial charge in [-0.05, 0) is 66.6 Å². The van der Waals surface area contributed by atoms with E-state index in [1.165, 1.54) is 11.1 Å². The maximum atomic E-state index is 12.4. The molecule has 6 heteroatoms. The Kier molecular flexibility index (Phi) is 4.48. The average Bonchev–Trinajstić information content (AvgIpc) is 2.99. The van der Waals surface area contributed by atoms with Gasteiger partial charge in [-0.3, -0.25) is 0 Å². The average molecular weight is 451 g/mol. The van der Waals surface area contributed by atoms with Gasteiger partial charge in [-0.25, -0.2) is 0 Å². The second-order valence-corrected chi connectivity index (χ2v) is 10.1. The third-order valence-electron chi connectivity index (χ3n) is 7.76. The molecule has 3 aliphatic rings. The minimum Gasteiger partial charge on any atom is -0.381 e. The van der Waals surface area contributed by atoms with Crippen molar-refractivity contribution in [1.82, 2.24) is 10.2 Å². The summed E-state index contributed by atoms with van der Waals surface area (Å²) in [6.45, 7) is 4.68. The van der Waals surface area contributed by atoms with Gasteiger partial charge in [0.05, 0.1) is 11.6 Å². The third-order valence-corrected chi connectivity index (χ3v) is 8.65. The lowest BCUT2D eigenvalue weighted by Gasteiger charge is -2.55. The Morgan fingerprint density at radius 3 is 2.56 bits per heavy atom. The van der Waals surface area contributed by atoms with E-state index in [0.717, 1.165) is 36.4 Å². The number of thiocarbonyl (C=S) groups is 1. The molecule has 2 fully saturated rings. The summed E-state index contributed by atoms with van der Waals surface area (Å²) in [6, 6.07) is 6.21. The molecule has 1 saturated heterocycles. The summed E-state index contributed by atoms with van der Waals surface area (Å²) in [6.07, 6.45) is 5.38. The summed E-state index contributed by atoms with van der Waals surface area (Å²) in [5.74, 6) is 0. The molecule has 0 amide bonds. The van der Waals surface area contributed by atoms with E-state index in [4.69, 9.17) is 17.0 Å². The molecule has 27 heavy (non-hydrogen) atoms. The van der Waals surface area contributed by atoms with E-state index in [1.54, 1.807) is 7.11 Å². The van der Waals surface area contributed by atoms with Gasteiger partial charge in [0.25, 0.3) is 0 Å². The van der Waals surface area contributed by atoms with Crippen LogP contribution in [0.2, 0.25) is 0 Å². The van der Waals surface area contributed by atoms with Crippen molar-refractivity contribution in [3.63, 3.8) is 0 Å². The number of likely N-dealkylation sites (N-methyl/N-ethyl adjacent to an activating group) is 1. The molecule has 4 rings (SSSR count). The summed E-state index contributed by atoms with van der Waals surface area (Å²) in [7, 11) is 3.73. The lowest BCUT2D eigenvalue weighted by atomic mass is 9.51. The van der Waals surface area contributed by atoms with Gasteiger partial charge in [0, 0.05) is 24.0 Å². The quantitative estimate of drug-likeness (QED) is 0.546. The van der Waals surface area contributed by atoms with Crippen LogP contribution in [-0.4, -0.2) is 42.6 Å². The monoisotopic (exact) mass is 450 g/mol. The summed E-state index contributed by atoms with van der Waals surface area (Å²) < 4.78 is 6.70. The molecule has 1 aromatic carbocycles. The molecule has 2 atom stereocenters. The first-order valence-corrected chi connectivity index (χ1v) is 10.8. The van der Waals surface area contributed by atoms with Crippen LogP contribution in [0.25, 0.3) is 0 Å². The number of fused-ring (bicyclic) bond motifs is 3. The van der Waals surface area contributed by atoms with Crippen molar-refractivity contribution in [2.24, 2.45) is 5.41 Å². The zero-order chi connectivity index (χ0) is 19.6. The highest BCUT2D eigenvalue weighted by molar-refractivity contribution is 9.10. The van der Waals surface area contributed by atoms with Crippen LogP contribution in [0.4, 0.5) is 0 Å². The molecule has 1 heterocycles. The van der Waals surface area contributed by atoms with Crippen molar-refractivity contribution in [2.45, 2.75) is 62.6 Å². The molecule has 2 aliphatic carbocycles. The van der Waals surface area contributed by atoms with Crippen LogP contribution in [0.5, 0.6) is 0 Å². The van der Waals surface area contributed by atoms with Crippen molar-refractivity contribution >= 4 is 39.5 Å². The first-order chi connectivity index (χ1) is 12.7. The summed E-state index contributed by atoms with van der Waals surface area (Å²) in [5.41, 5.74) is 1.82. The molecule has 1 saturated carbocycles. The normalized spacial score (nSPS) is 36.9. The van der Waals surface area contributed by atoms with Crippen LogP contribution >= 0.6 is 28.1 Å². The van der Waals surface area contributed by atoms with Gasteiger partial charge in [0.1, 0.15) is 12.3 Å².